The first kappa shape index (κ1) is 20.2. The van der Waals surface area contributed by atoms with Crippen molar-refractivity contribution in [2.24, 2.45) is 0 Å². The summed E-state index contributed by atoms with van der Waals surface area (Å²) in [6.07, 6.45) is 3.38. The predicted octanol–water partition coefficient (Wildman–Crippen LogP) is 4.65. The van der Waals surface area contributed by atoms with Gasteiger partial charge in [-0.25, -0.2) is 4.79 Å². The third-order valence-corrected chi connectivity index (χ3v) is 5.97. The minimum atomic E-state index is -0.679. The van der Waals surface area contributed by atoms with Crippen LogP contribution in [0.15, 0.2) is 66.9 Å². The van der Waals surface area contributed by atoms with Gasteiger partial charge in [-0.3, -0.25) is 5.10 Å². The van der Waals surface area contributed by atoms with Crippen molar-refractivity contribution in [1.29, 1.82) is 0 Å². The average molecular weight is 405 g/mol. The van der Waals surface area contributed by atoms with Gasteiger partial charge < -0.3 is 14.7 Å². The Kier molecular flexibility index (Phi) is 5.86. The first-order valence-corrected chi connectivity index (χ1v) is 10.4. The predicted molar refractivity (Wildman–Crippen MR) is 115 cm³/mol. The van der Waals surface area contributed by atoms with Crippen LogP contribution in [0.2, 0.25) is 0 Å². The molecule has 6 nitrogen and oxygen atoms in total. The summed E-state index contributed by atoms with van der Waals surface area (Å²) in [6.45, 7) is 2.70. The molecule has 2 aromatic carbocycles. The van der Waals surface area contributed by atoms with Crippen LogP contribution in [0.3, 0.4) is 0 Å². The quantitative estimate of drug-likeness (QED) is 0.600. The van der Waals surface area contributed by atoms with E-state index in [1.807, 2.05) is 67.6 Å². The van der Waals surface area contributed by atoms with Gasteiger partial charge in [0.1, 0.15) is 5.60 Å². The smallest absolute Gasteiger partial charge is 0.411 e. The number of benzene rings is 2. The topological polar surface area (TPSA) is 78.5 Å². The van der Waals surface area contributed by atoms with E-state index in [1.165, 1.54) is 0 Å². The normalized spacial score (nSPS) is 20.1. The third-order valence-electron chi connectivity index (χ3n) is 5.97. The number of nitrogens with one attached hydrogen (secondary N) is 1. The average Bonchev–Trinajstić information content (AvgIpc) is 3.33. The highest BCUT2D eigenvalue weighted by Crippen LogP contribution is 2.40. The van der Waals surface area contributed by atoms with Crippen LogP contribution in [0.5, 0.6) is 0 Å². The van der Waals surface area contributed by atoms with Gasteiger partial charge >= 0.3 is 6.09 Å². The maximum Gasteiger partial charge on any atom is 0.411 e. The highest BCUT2D eigenvalue weighted by Gasteiger charge is 2.43. The largest absolute Gasteiger partial charge is 0.438 e. The zero-order chi connectivity index (χ0) is 21.0. The van der Waals surface area contributed by atoms with Crippen LogP contribution in [0.4, 0.5) is 4.79 Å². The van der Waals surface area contributed by atoms with E-state index in [4.69, 9.17) is 4.74 Å². The maximum atomic E-state index is 13.0. The number of aromatic amines is 1. The second-order valence-electron chi connectivity index (χ2n) is 7.76. The molecule has 0 bridgehead atoms. The summed E-state index contributed by atoms with van der Waals surface area (Å²) in [7, 11) is 0. The number of rotatable bonds is 7. The lowest BCUT2D eigenvalue weighted by atomic mass is 9.84. The van der Waals surface area contributed by atoms with Crippen LogP contribution < -0.4 is 0 Å². The van der Waals surface area contributed by atoms with E-state index in [2.05, 4.69) is 10.2 Å². The molecule has 1 aromatic heterocycles. The van der Waals surface area contributed by atoms with Gasteiger partial charge in [0.2, 0.25) is 0 Å². The number of ether oxygens (including phenoxy) is 1. The molecule has 1 unspecified atom stereocenters. The summed E-state index contributed by atoms with van der Waals surface area (Å²) >= 11 is 0. The highest BCUT2D eigenvalue weighted by atomic mass is 16.6. The Morgan fingerprint density at radius 3 is 2.57 bits per heavy atom. The number of aliphatic hydroxyl groups excluding tert-OH is 1. The van der Waals surface area contributed by atoms with E-state index < -0.39 is 5.60 Å². The second-order valence-corrected chi connectivity index (χ2v) is 7.76. The van der Waals surface area contributed by atoms with E-state index >= 15 is 0 Å². The number of aliphatic hydroxyl groups is 1. The van der Waals surface area contributed by atoms with E-state index in [-0.39, 0.29) is 18.7 Å². The van der Waals surface area contributed by atoms with Gasteiger partial charge in [0.15, 0.2) is 0 Å². The zero-order valence-corrected chi connectivity index (χ0v) is 17.1. The molecule has 0 aliphatic carbocycles. The molecule has 1 aliphatic rings. The fraction of sp³-hybridized carbons (Fsp3) is 0.333. The minimum Gasteiger partial charge on any atom is -0.438 e. The fourth-order valence-corrected chi connectivity index (χ4v) is 4.18. The van der Waals surface area contributed by atoms with Crippen molar-refractivity contribution in [2.45, 2.75) is 37.8 Å². The van der Waals surface area contributed by atoms with Crippen molar-refractivity contribution in [3.8, 4) is 11.3 Å². The van der Waals surface area contributed by atoms with Crippen molar-refractivity contribution in [3.05, 3.63) is 78.0 Å². The Morgan fingerprint density at radius 2 is 1.93 bits per heavy atom. The summed E-state index contributed by atoms with van der Waals surface area (Å²) in [6, 6.07) is 19.8. The molecule has 2 heterocycles. The molecular weight excluding hydrogens is 378 g/mol. The molecule has 4 rings (SSSR count). The summed E-state index contributed by atoms with van der Waals surface area (Å²) in [5.41, 5.74) is 3.28. The fourth-order valence-electron chi connectivity index (χ4n) is 4.18. The number of aromatic nitrogens is 2. The number of hydrogen-bond donors (Lipinski definition) is 2. The molecule has 1 amide bonds. The second kappa shape index (κ2) is 8.71. The van der Waals surface area contributed by atoms with E-state index in [0.29, 0.717) is 25.8 Å². The SMILES string of the molecule is C[C@@H](c1ccc(-c2cc[nH]n2)cc1)N1CCC(CCCO)(c2ccccc2)OC1=O. The molecule has 156 valence electrons. The zero-order valence-electron chi connectivity index (χ0n) is 17.1. The van der Waals surface area contributed by atoms with E-state index in [0.717, 1.165) is 22.4 Å². The van der Waals surface area contributed by atoms with E-state index in [9.17, 15) is 9.90 Å². The monoisotopic (exact) mass is 405 g/mol. The number of carbonyl (C=O) groups excluding carboxylic acids is 1. The molecule has 2 atom stereocenters. The van der Waals surface area contributed by atoms with Crippen LogP contribution in [0, 0.1) is 0 Å². The Labute approximate surface area is 176 Å². The van der Waals surface area contributed by atoms with Crippen LogP contribution in [-0.4, -0.2) is 39.4 Å². The third kappa shape index (κ3) is 3.96. The Balaban J connectivity index is 1.51. The lowest BCUT2D eigenvalue weighted by Crippen LogP contribution is -2.48. The number of amides is 1. The van der Waals surface area contributed by atoms with Gasteiger partial charge in [-0.1, -0.05) is 54.6 Å². The van der Waals surface area contributed by atoms with Gasteiger partial charge in [-0.2, -0.15) is 5.10 Å². The number of H-pyrrole nitrogens is 1. The number of carbonyl (C=O) groups is 1. The van der Waals surface area contributed by atoms with Crippen molar-refractivity contribution in [3.63, 3.8) is 0 Å². The molecule has 0 saturated carbocycles. The molecule has 6 heteroatoms. The molecular formula is C24H27N3O3. The summed E-state index contributed by atoms with van der Waals surface area (Å²) in [5, 5.41) is 16.4. The lowest BCUT2D eigenvalue weighted by Gasteiger charge is -2.43. The van der Waals surface area contributed by atoms with Crippen LogP contribution in [-0.2, 0) is 10.3 Å². The standard InChI is InChI=1S/C24H27N3O3/c1-18(19-8-10-20(11-9-19)22-12-15-25-26-22)27-16-14-24(13-5-17-28,30-23(27)29)21-6-3-2-4-7-21/h2-4,6-12,15,18,28H,5,13-14,16-17H2,1H3,(H,25,26)/t18-,24?/m0/s1. The van der Waals surface area contributed by atoms with Gasteiger partial charge in [-0.15, -0.1) is 0 Å². The first-order chi connectivity index (χ1) is 14.6. The van der Waals surface area contributed by atoms with Crippen LogP contribution in [0.25, 0.3) is 11.3 Å². The summed E-state index contributed by atoms with van der Waals surface area (Å²) in [5.74, 6) is 0. The van der Waals surface area contributed by atoms with Crippen molar-refractivity contribution in [1.82, 2.24) is 15.1 Å². The summed E-state index contributed by atoms with van der Waals surface area (Å²) in [4.78, 5) is 14.8. The molecule has 1 saturated heterocycles. The Bertz CT molecular complexity index is 957. The van der Waals surface area contributed by atoms with Gasteiger partial charge in [0.05, 0.1) is 11.7 Å². The Morgan fingerprint density at radius 1 is 1.17 bits per heavy atom. The van der Waals surface area contributed by atoms with Crippen molar-refractivity contribution < 1.29 is 14.6 Å². The first-order valence-electron chi connectivity index (χ1n) is 10.4. The lowest BCUT2D eigenvalue weighted by molar-refractivity contribution is -0.0680. The number of nitrogens with zero attached hydrogens (tertiary/aromatic N) is 2. The molecule has 2 N–H and O–H groups in total. The van der Waals surface area contributed by atoms with Crippen molar-refractivity contribution >= 4 is 6.09 Å². The van der Waals surface area contributed by atoms with Crippen LogP contribution >= 0.6 is 0 Å². The number of cyclic esters (lactones) is 1. The van der Waals surface area contributed by atoms with Gasteiger partial charge in [-0.05, 0) is 37.0 Å². The minimum absolute atomic E-state index is 0.0780. The van der Waals surface area contributed by atoms with E-state index in [1.54, 1.807) is 11.1 Å². The van der Waals surface area contributed by atoms with Gasteiger partial charge in [0, 0.05) is 31.3 Å². The Hall–Kier alpha value is -3.12. The molecule has 0 radical (unpaired) electrons. The highest BCUT2D eigenvalue weighted by molar-refractivity contribution is 5.70. The molecule has 1 fully saturated rings. The van der Waals surface area contributed by atoms with Crippen molar-refractivity contribution in [2.75, 3.05) is 13.2 Å². The molecule has 3 aromatic rings. The molecule has 1 aliphatic heterocycles. The maximum absolute atomic E-state index is 13.0. The number of hydrogen-bond acceptors (Lipinski definition) is 4. The molecule has 0 spiro atoms. The molecule has 30 heavy (non-hydrogen) atoms. The summed E-state index contributed by atoms with van der Waals surface area (Å²) < 4.78 is 6.06. The van der Waals surface area contributed by atoms with Gasteiger partial charge in [0.25, 0.3) is 0 Å². The van der Waals surface area contributed by atoms with Crippen LogP contribution in [0.1, 0.15) is 43.4 Å².